The van der Waals surface area contributed by atoms with Crippen molar-refractivity contribution in [2.24, 2.45) is 0 Å². The van der Waals surface area contributed by atoms with Crippen LogP contribution in [0.4, 0.5) is 5.82 Å². The molecule has 3 aromatic heterocycles. The van der Waals surface area contributed by atoms with Gasteiger partial charge in [-0.25, -0.2) is 15.0 Å². The molecule has 3 aromatic rings. The summed E-state index contributed by atoms with van der Waals surface area (Å²) in [5, 5.41) is 4.09. The largest absolute Gasteiger partial charge is 0.353 e. The second kappa shape index (κ2) is 6.95. The van der Waals surface area contributed by atoms with Crippen molar-refractivity contribution in [1.29, 1.82) is 0 Å². The molecule has 4 heterocycles. The number of piperazine rings is 1. The van der Waals surface area contributed by atoms with Gasteiger partial charge in [-0.05, 0) is 13.0 Å². The highest BCUT2D eigenvalue weighted by atomic mass is 16.2. The third-order valence-corrected chi connectivity index (χ3v) is 4.52. The van der Waals surface area contributed by atoms with Gasteiger partial charge in [0.1, 0.15) is 30.3 Å². The van der Waals surface area contributed by atoms with Gasteiger partial charge in [-0.3, -0.25) is 14.0 Å². The molecule has 134 valence electrons. The van der Waals surface area contributed by atoms with E-state index in [0.717, 1.165) is 30.5 Å². The topological polar surface area (TPSA) is 85.0 Å². The summed E-state index contributed by atoms with van der Waals surface area (Å²) >= 11 is 0. The van der Waals surface area contributed by atoms with Crippen molar-refractivity contribution in [1.82, 2.24) is 34.2 Å². The summed E-state index contributed by atoms with van der Waals surface area (Å²) in [4.78, 5) is 29.4. The number of aryl methyl sites for hydroxylation is 1. The highest BCUT2D eigenvalue weighted by Crippen LogP contribution is 2.17. The Balaban J connectivity index is 1.40. The van der Waals surface area contributed by atoms with Crippen molar-refractivity contribution in [2.75, 3.05) is 31.1 Å². The molecular formula is C17H20N8O. The van der Waals surface area contributed by atoms with Gasteiger partial charge in [0.05, 0.1) is 0 Å². The lowest BCUT2D eigenvalue weighted by molar-refractivity contribution is -0.132. The molecule has 0 aliphatic carbocycles. The molecule has 0 spiro atoms. The number of amides is 1. The molecule has 1 saturated heterocycles. The first-order chi connectivity index (χ1) is 12.7. The maximum Gasteiger partial charge on any atom is 0.244 e. The Bertz CT molecular complexity index is 880. The molecule has 0 N–H and O–H groups in total. The van der Waals surface area contributed by atoms with Crippen molar-refractivity contribution in [3.05, 3.63) is 49.1 Å². The zero-order valence-corrected chi connectivity index (χ0v) is 14.6. The van der Waals surface area contributed by atoms with Crippen LogP contribution in [0.5, 0.6) is 0 Å². The Hall–Kier alpha value is -3.23. The number of anilines is 1. The van der Waals surface area contributed by atoms with Crippen LogP contribution in [0, 0.1) is 6.92 Å². The molecule has 0 radical (unpaired) electrons. The monoisotopic (exact) mass is 352 g/mol. The maximum absolute atomic E-state index is 12.4. The molecule has 0 atom stereocenters. The van der Waals surface area contributed by atoms with Crippen LogP contribution in [0.25, 0.3) is 5.82 Å². The van der Waals surface area contributed by atoms with Crippen LogP contribution in [0.2, 0.25) is 0 Å². The number of carbonyl (C=O) groups excluding carboxylic acids is 1. The number of nitrogens with zero attached hydrogens (tertiary/aromatic N) is 8. The Kier molecular flexibility index (Phi) is 4.34. The van der Waals surface area contributed by atoms with Gasteiger partial charge in [-0.2, -0.15) is 5.10 Å². The normalized spacial score (nSPS) is 14.7. The molecule has 1 fully saturated rings. The summed E-state index contributed by atoms with van der Waals surface area (Å²) in [6, 6.07) is 3.77. The minimum atomic E-state index is 0.0887. The van der Waals surface area contributed by atoms with Crippen molar-refractivity contribution in [3.8, 4) is 5.82 Å². The summed E-state index contributed by atoms with van der Waals surface area (Å²) in [7, 11) is 0. The second-order valence-electron chi connectivity index (χ2n) is 6.15. The van der Waals surface area contributed by atoms with Crippen LogP contribution >= 0.6 is 0 Å². The predicted octanol–water partition coefficient (Wildman–Crippen LogP) is 0.516. The van der Waals surface area contributed by atoms with Crippen LogP contribution in [0.3, 0.4) is 0 Å². The lowest BCUT2D eigenvalue weighted by Gasteiger charge is -2.35. The predicted molar refractivity (Wildman–Crippen MR) is 94.9 cm³/mol. The summed E-state index contributed by atoms with van der Waals surface area (Å²) in [6.07, 6.45) is 8.68. The lowest BCUT2D eigenvalue weighted by Crippen LogP contribution is -2.49. The van der Waals surface area contributed by atoms with E-state index in [1.165, 1.54) is 0 Å². The molecule has 0 unspecified atom stereocenters. The number of hydrogen-bond acceptors (Lipinski definition) is 6. The van der Waals surface area contributed by atoms with Crippen LogP contribution in [-0.4, -0.2) is 66.3 Å². The minimum absolute atomic E-state index is 0.0887. The Morgan fingerprint density at radius 2 is 1.85 bits per heavy atom. The number of hydrogen-bond donors (Lipinski definition) is 0. The smallest absolute Gasteiger partial charge is 0.244 e. The molecule has 0 saturated carbocycles. The summed E-state index contributed by atoms with van der Waals surface area (Å²) in [5.74, 6) is 2.62. The molecule has 0 aromatic carbocycles. The fourth-order valence-electron chi connectivity index (χ4n) is 3.08. The molecule has 9 nitrogen and oxygen atoms in total. The number of rotatable bonds is 4. The zero-order valence-electron chi connectivity index (χ0n) is 14.6. The van der Waals surface area contributed by atoms with E-state index in [2.05, 4.69) is 25.0 Å². The van der Waals surface area contributed by atoms with Crippen molar-refractivity contribution in [2.45, 2.75) is 13.5 Å². The van der Waals surface area contributed by atoms with Crippen molar-refractivity contribution in [3.63, 3.8) is 0 Å². The van der Waals surface area contributed by atoms with E-state index in [4.69, 9.17) is 0 Å². The van der Waals surface area contributed by atoms with Crippen molar-refractivity contribution < 1.29 is 4.79 Å². The van der Waals surface area contributed by atoms with Gasteiger partial charge in [0.15, 0.2) is 0 Å². The van der Waals surface area contributed by atoms with E-state index in [1.54, 1.807) is 29.6 Å². The van der Waals surface area contributed by atoms with Gasteiger partial charge in [0, 0.05) is 57.0 Å². The van der Waals surface area contributed by atoms with Crippen LogP contribution < -0.4 is 4.90 Å². The third-order valence-electron chi connectivity index (χ3n) is 4.52. The Labute approximate surface area is 150 Å². The lowest BCUT2D eigenvalue weighted by atomic mass is 10.3. The van der Waals surface area contributed by atoms with E-state index in [9.17, 15) is 4.79 Å². The quantitative estimate of drug-likeness (QED) is 0.680. The van der Waals surface area contributed by atoms with E-state index >= 15 is 0 Å². The van der Waals surface area contributed by atoms with Gasteiger partial charge in [0.25, 0.3) is 0 Å². The first-order valence-electron chi connectivity index (χ1n) is 8.53. The molecule has 1 aliphatic rings. The fraction of sp³-hybridized carbons (Fsp3) is 0.353. The van der Waals surface area contributed by atoms with Crippen LogP contribution in [0.15, 0.2) is 43.2 Å². The SMILES string of the molecule is Cc1nccn1-c1cc(N2CCN(C(=O)Cn3cccn3)CC2)ncn1. The van der Waals surface area contributed by atoms with E-state index in [0.29, 0.717) is 13.1 Å². The standard InChI is InChI=1S/C17H20N8O/c1-14-18-4-6-25(14)16-11-15(19-13-20-16)22-7-9-23(10-8-22)17(26)12-24-5-2-3-21-24/h2-6,11,13H,7-10,12H2,1H3. The Morgan fingerprint density at radius 3 is 2.54 bits per heavy atom. The molecule has 9 heteroatoms. The summed E-state index contributed by atoms with van der Waals surface area (Å²) in [6.45, 7) is 5.04. The highest BCUT2D eigenvalue weighted by molar-refractivity contribution is 5.76. The van der Waals surface area contributed by atoms with E-state index < -0.39 is 0 Å². The summed E-state index contributed by atoms with van der Waals surface area (Å²) < 4.78 is 3.58. The molecule has 1 amide bonds. The number of imidazole rings is 1. The number of aromatic nitrogens is 6. The average Bonchev–Trinajstić information content (AvgIpc) is 3.33. The first kappa shape index (κ1) is 16.2. The van der Waals surface area contributed by atoms with E-state index in [1.807, 2.05) is 34.7 Å². The number of carbonyl (C=O) groups is 1. The first-order valence-corrected chi connectivity index (χ1v) is 8.53. The fourth-order valence-corrected chi connectivity index (χ4v) is 3.08. The zero-order chi connectivity index (χ0) is 17.9. The van der Waals surface area contributed by atoms with Gasteiger partial charge < -0.3 is 9.80 Å². The van der Waals surface area contributed by atoms with Gasteiger partial charge in [-0.1, -0.05) is 0 Å². The van der Waals surface area contributed by atoms with Gasteiger partial charge >= 0.3 is 0 Å². The van der Waals surface area contributed by atoms with Crippen LogP contribution in [-0.2, 0) is 11.3 Å². The van der Waals surface area contributed by atoms with Gasteiger partial charge in [0.2, 0.25) is 5.91 Å². The second-order valence-corrected chi connectivity index (χ2v) is 6.15. The van der Waals surface area contributed by atoms with Crippen molar-refractivity contribution >= 4 is 11.7 Å². The van der Waals surface area contributed by atoms with Gasteiger partial charge in [-0.15, -0.1) is 0 Å². The Morgan fingerprint density at radius 1 is 1.04 bits per heavy atom. The van der Waals surface area contributed by atoms with Crippen LogP contribution in [0.1, 0.15) is 5.82 Å². The average molecular weight is 352 g/mol. The molecule has 0 bridgehead atoms. The summed E-state index contributed by atoms with van der Waals surface area (Å²) in [5.41, 5.74) is 0. The molecular weight excluding hydrogens is 332 g/mol. The minimum Gasteiger partial charge on any atom is -0.353 e. The third kappa shape index (κ3) is 3.28. The molecule has 26 heavy (non-hydrogen) atoms. The highest BCUT2D eigenvalue weighted by Gasteiger charge is 2.22. The maximum atomic E-state index is 12.4. The molecule has 4 rings (SSSR count). The van der Waals surface area contributed by atoms with E-state index in [-0.39, 0.29) is 12.5 Å². The molecule has 1 aliphatic heterocycles.